The molecule has 1 heterocycles. The molecule has 0 radical (unpaired) electrons. The fourth-order valence-corrected chi connectivity index (χ4v) is 2.24. The minimum atomic E-state index is 0.327. The van der Waals surface area contributed by atoms with Crippen LogP contribution in [0, 0.1) is 0 Å². The van der Waals surface area contributed by atoms with Crippen LogP contribution in [0.2, 0.25) is 0 Å². The highest BCUT2D eigenvalue weighted by Crippen LogP contribution is 2.23. The third-order valence-electron chi connectivity index (χ3n) is 2.49. The Balaban J connectivity index is 1.98. The van der Waals surface area contributed by atoms with Crippen LogP contribution in [0.4, 0.5) is 0 Å². The van der Waals surface area contributed by atoms with Crippen LogP contribution in [0.1, 0.15) is 18.5 Å². The minimum Gasteiger partial charge on any atom is -0.508 e. The van der Waals surface area contributed by atoms with Gasteiger partial charge in [-0.2, -0.15) is 11.8 Å². The van der Waals surface area contributed by atoms with E-state index >= 15 is 0 Å². The molecule has 1 saturated heterocycles. The maximum atomic E-state index is 9.34. The van der Waals surface area contributed by atoms with Gasteiger partial charge in [-0.3, -0.25) is 0 Å². The number of hydrogen-bond donors (Lipinski definition) is 2. The lowest BCUT2D eigenvalue weighted by molar-refractivity contribution is 0.468. The molecule has 1 aliphatic rings. The molecule has 1 aliphatic heterocycles. The molecule has 2 rings (SSSR count). The van der Waals surface area contributed by atoms with Gasteiger partial charge < -0.3 is 10.4 Å². The molecule has 2 N–H and O–H groups in total. The number of benzene rings is 1. The second kappa shape index (κ2) is 4.24. The van der Waals surface area contributed by atoms with Gasteiger partial charge in [-0.05, 0) is 24.6 Å². The van der Waals surface area contributed by atoms with Crippen LogP contribution < -0.4 is 5.32 Å². The number of rotatable bonds is 3. The maximum absolute atomic E-state index is 9.34. The normalized spacial score (nSPS) is 18.9. The lowest BCUT2D eigenvalue weighted by Crippen LogP contribution is -2.41. The van der Waals surface area contributed by atoms with E-state index in [4.69, 9.17) is 0 Å². The van der Waals surface area contributed by atoms with Gasteiger partial charge >= 0.3 is 0 Å². The Labute approximate surface area is 88.7 Å². The summed E-state index contributed by atoms with van der Waals surface area (Å²) >= 11 is 1.97. The third-order valence-corrected chi connectivity index (χ3v) is 3.77. The summed E-state index contributed by atoms with van der Waals surface area (Å²) in [6.07, 6.45) is 0. The summed E-state index contributed by atoms with van der Waals surface area (Å²) < 4.78 is 0. The zero-order chi connectivity index (χ0) is 9.97. The van der Waals surface area contributed by atoms with E-state index in [0.717, 1.165) is 5.56 Å². The molecule has 2 nitrogen and oxygen atoms in total. The molecule has 0 aliphatic carbocycles. The fourth-order valence-electron chi connectivity index (χ4n) is 1.58. The van der Waals surface area contributed by atoms with Crippen LogP contribution in [0.5, 0.6) is 5.75 Å². The van der Waals surface area contributed by atoms with Gasteiger partial charge in [0.2, 0.25) is 0 Å². The number of aromatic hydroxyl groups is 1. The number of phenols is 1. The van der Waals surface area contributed by atoms with Crippen LogP contribution in [0.25, 0.3) is 0 Å². The smallest absolute Gasteiger partial charge is 0.115 e. The van der Waals surface area contributed by atoms with Crippen molar-refractivity contribution in [3.8, 4) is 5.75 Å². The molecule has 1 aromatic rings. The van der Waals surface area contributed by atoms with Gasteiger partial charge in [0, 0.05) is 23.6 Å². The summed E-state index contributed by atoms with van der Waals surface area (Å²) in [6, 6.07) is 8.44. The van der Waals surface area contributed by atoms with E-state index in [2.05, 4.69) is 12.2 Å². The lowest BCUT2D eigenvalue weighted by Gasteiger charge is -2.29. The van der Waals surface area contributed by atoms with Gasteiger partial charge in [0.05, 0.1) is 0 Å². The first-order chi connectivity index (χ1) is 6.75. The van der Waals surface area contributed by atoms with Crippen LogP contribution in [-0.4, -0.2) is 22.7 Å². The summed E-state index contributed by atoms with van der Waals surface area (Å²) in [5, 5.41) is 12.9. The summed E-state index contributed by atoms with van der Waals surface area (Å²) in [5.41, 5.74) is 1.15. The van der Waals surface area contributed by atoms with E-state index in [0.29, 0.717) is 17.8 Å². The Morgan fingerprint density at radius 1 is 1.50 bits per heavy atom. The molecule has 0 saturated carbocycles. The van der Waals surface area contributed by atoms with Gasteiger partial charge in [-0.15, -0.1) is 0 Å². The van der Waals surface area contributed by atoms with E-state index in [1.807, 2.05) is 30.0 Å². The van der Waals surface area contributed by atoms with E-state index in [1.54, 1.807) is 6.07 Å². The summed E-state index contributed by atoms with van der Waals surface area (Å²) in [7, 11) is 0. The average molecular weight is 209 g/mol. The SMILES string of the molecule is CC(NC1CSC1)c1cccc(O)c1. The Bertz CT molecular complexity index is 312. The molecular formula is C11H15NOS. The first-order valence-corrected chi connectivity index (χ1v) is 6.04. The number of thioether (sulfide) groups is 1. The number of hydrogen-bond acceptors (Lipinski definition) is 3. The Morgan fingerprint density at radius 3 is 2.86 bits per heavy atom. The van der Waals surface area contributed by atoms with E-state index in [9.17, 15) is 5.11 Å². The van der Waals surface area contributed by atoms with Crippen molar-refractivity contribution < 1.29 is 5.11 Å². The molecule has 3 heteroatoms. The van der Waals surface area contributed by atoms with Gasteiger partial charge in [0.1, 0.15) is 5.75 Å². The quantitative estimate of drug-likeness (QED) is 0.800. The van der Waals surface area contributed by atoms with Gasteiger partial charge in [0.25, 0.3) is 0 Å². The van der Waals surface area contributed by atoms with Crippen LogP contribution in [0.15, 0.2) is 24.3 Å². The highest BCUT2D eigenvalue weighted by atomic mass is 32.2. The number of phenolic OH excluding ortho intramolecular Hbond substituents is 1. The number of nitrogens with one attached hydrogen (secondary N) is 1. The molecule has 76 valence electrons. The highest BCUT2D eigenvalue weighted by molar-refractivity contribution is 8.00. The van der Waals surface area contributed by atoms with Crippen LogP contribution in [-0.2, 0) is 0 Å². The second-order valence-corrected chi connectivity index (χ2v) is 4.79. The molecule has 0 aromatic heterocycles. The molecule has 14 heavy (non-hydrogen) atoms. The largest absolute Gasteiger partial charge is 0.508 e. The first kappa shape index (κ1) is 9.87. The molecule has 0 spiro atoms. The van der Waals surface area contributed by atoms with Crippen molar-refractivity contribution in [3.05, 3.63) is 29.8 Å². The van der Waals surface area contributed by atoms with Crippen molar-refractivity contribution >= 4 is 11.8 Å². The zero-order valence-corrected chi connectivity index (χ0v) is 9.05. The monoisotopic (exact) mass is 209 g/mol. The predicted octanol–water partition coefficient (Wildman–Crippen LogP) is 2.16. The highest BCUT2D eigenvalue weighted by Gasteiger charge is 2.20. The van der Waals surface area contributed by atoms with Gasteiger partial charge in [-0.25, -0.2) is 0 Å². The molecule has 0 bridgehead atoms. The van der Waals surface area contributed by atoms with E-state index in [1.165, 1.54) is 11.5 Å². The van der Waals surface area contributed by atoms with Crippen LogP contribution in [0.3, 0.4) is 0 Å². The Kier molecular flexibility index (Phi) is 2.99. The van der Waals surface area contributed by atoms with Gasteiger partial charge in [-0.1, -0.05) is 12.1 Å². The maximum Gasteiger partial charge on any atom is 0.115 e. The Morgan fingerprint density at radius 2 is 2.29 bits per heavy atom. The molecular weight excluding hydrogens is 194 g/mol. The first-order valence-electron chi connectivity index (χ1n) is 4.88. The van der Waals surface area contributed by atoms with Crippen molar-refractivity contribution in [2.75, 3.05) is 11.5 Å². The second-order valence-electron chi connectivity index (χ2n) is 3.72. The van der Waals surface area contributed by atoms with E-state index < -0.39 is 0 Å². The summed E-state index contributed by atoms with van der Waals surface area (Å²) in [6.45, 7) is 2.14. The van der Waals surface area contributed by atoms with Crippen molar-refractivity contribution in [1.29, 1.82) is 0 Å². The molecule has 0 amide bonds. The molecule has 1 unspecified atom stereocenters. The van der Waals surface area contributed by atoms with Crippen molar-refractivity contribution in [3.63, 3.8) is 0 Å². The molecule has 1 fully saturated rings. The summed E-state index contributed by atoms with van der Waals surface area (Å²) in [5.74, 6) is 2.77. The third kappa shape index (κ3) is 2.22. The zero-order valence-electron chi connectivity index (χ0n) is 8.23. The van der Waals surface area contributed by atoms with Crippen molar-refractivity contribution in [2.45, 2.75) is 19.0 Å². The fraction of sp³-hybridized carbons (Fsp3) is 0.455. The van der Waals surface area contributed by atoms with Crippen LogP contribution >= 0.6 is 11.8 Å². The average Bonchev–Trinajstić information content (AvgIpc) is 2.11. The minimum absolute atomic E-state index is 0.327. The molecule has 1 atom stereocenters. The van der Waals surface area contributed by atoms with Crippen molar-refractivity contribution in [1.82, 2.24) is 5.32 Å². The molecule has 1 aromatic carbocycles. The lowest BCUT2D eigenvalue weighted by atomic mass is 10.1. The van der Waals surface area contributed by atoms with E-state index in [-0.39, 0.29) is 0 Å². The standard InChI is InChI=1S/C11H15NOS/c1-8(12-10-6-14-7-10)9-3-2-4-11(13)5-9/h2-5,8,10,12-13H,6-7H2,1H3. The topological polar surface area (TPSA) is 32.3 Å². The van der Waals surface area contributed by atoms with Crippen molar-refractivity contribution in [2.24, 2.45) is 0 Å². The predicted molar refractivity (Wildman–Crippen MR) is 60.8 cm³/mol. The summed E-state index contributed by atoms with van der Waals surface area (Å²) in [4.78, 5) is 0. The Hall–Kier alpha value is -0.670. The van der Waals surface area contributed by atoms with Gasteiger partial charge in [0.15, 0.2) is 0 Å².